The number of amides is 2. The minimum absolute atomic E-state index is 0.148. The average molecular weight is 534 g/mol. The number of rotatable bonds is 3. The Morgan fingerprint density at radius 3 is 2.51 bits per heavy atom. The summed E-state index contributed by atoms with van der Waals surface area (Å²) in [6.07, 6.45) is 1.13. The van der Waals surface area contributed by atoms with E-state index in [0.29, 0.717) is 57.8 Å². The van der Waals surface area contributed by atoms with Crippen molar-refractivity contribution < 1.29 is 23.5 Å². The lowest BCUT2D eigenvalue weighted by Gasteiger charge is -2.25. The highest BCUT2D eigenvalue weighted by Crippen LogP contribution is 2.42. The number of carbonyl (C=O) groups excluding carboxylic acids is 2. The van der Waals surface area contributed by atoms with Crippen LogP contribution in [0.4, 0.5) is 25.4 Å². The van der Waals surface area contributed by atoms with Crippen molar-refractivity contribution in [2.24, 2.45) is 0 Å². The van der Waals surface area contributed by atoms with Crippen molar-refractivity contribution in [3.05, 3.63) is 29.2 Å². The van der Waals surface area contributed by atoms with E-state index >= 15 is 0 Å². The summed E-state index contributed by atoms with van der Waals surface area (Å²) in [6, 6.07) is 2.53. The molecule has 200 valence electrons. The van der Waals surface area contributed by atoms with Gasteiger partial charge in [0.2, 0.25) is 0 Å². The van der Waals surface area contributed by atoms with Gasteiger partial charge < -0.3 is 24.7 Å². The highest BCUT2D eigenvalue weighted by molar-refractivity contribution is 6.36. The van der Waals surface area contributed by atoms with Gasteiger partial charge in [-0.05, 0) is 60.1 Å². The molecule has 1 saturated heterocycles. The number of nitrogens with one attached hydrogen (secondary N) is 2. The van der Waals surface area contributed by atoms with Gasteiger partial charge in [-0.2, -0.15) is 0 Å². The van der Waals surface area contributed by atoms with E-state index in [2.05, 4.69) is 15.3 Å². The molecule has 1 aliphatic heterocycles. The third kappa shape index (κ3) is 5.84. The lowest BCUT2D eigenvalue weighted by atomic mass is 10.1. The molecule has 1 unspecified atom stereocenters. The van der Waals surface area contributed by atoms with Crippen LogP contribution in [-0.2, 0) is 9.47 Å². The van der Waals surface area contributed by atoms with Crippen LogP contribution in [-0.4, -0.2) is 59.5 Å². The third-order valence-electron chi connectivity index (χ3n) is 5.86. The summed E-state index contributed by atoms with van der Waals surface area (Å²) in [7, 11) is 1.53. The largest absolute Gasteiger partial charge is 0.444 e. The number of aromatic nitrogens is 2. The van der Waals surface area contributed by atoms with Crippen molar-refractivity contribution in [3.63, 3.8) is 0 Å². The topological polar surface area (TPSA) is 99.8 Å². The summed E-state index contributed by atoms with van der Waals surface area (Å²) in [4.78, 5) is 36.0. The smallest absolute Gasteiger partial charge is 0.414 e. The zero-order valence-electron chi connectivity index (χ0n) is 22.2. The first kappa shape index (κ1) is 26.8. The molecule has 0 aliphatic carbocycles. The molecule has 1 atom stereocenters. The van der Waals surface area contributed by atoms with Gasteiger partial charge in [0.15, 0.2) is 0 Å². The standard InChI is InChI=1S/C26H33ClFN5O4/c1-25(2,3)36-23(34)30-15-8-9-33(13-15)21-17(27)12-29-22-19(21)16-10-14(28)11-18(20(16)31-22)32(7)24(35)37-26(4,5)6/h10-12,15H,8-9,13H2,1-7H3,(H,29,31)(H,30,34). The fourth-order valence-electron chi connectivity index (χ4n) is 4.43. The zero-order valence-corrected chi connectivity index (χ0v) is 22.9. The van der Waals surface area contributed by atoms with Gasteiger partial charge in [0.1, 0.15) is 22.7 Å². The molecule has 0 spiro atoms. The van der Waals surface area contributed by atoms with E-state index in [1.54, 1.807) is 20.8 Å². The number of nitrogens with zero attached hydrogens (tertiary/aromatic N) is 3. The van der Waals surface area contributed by atoms with Crippen molar-refractivity contribution in [2.45, 2.75) is 65.2 Å². The number of H-pyrrole nitrogens is 1. The molecule has 0 saturated carbocycles. The number of anilines is 2. The molecule has 9 nitrogen and oxygen atoms in total. The molecule has 3 heterocycles. The minimum Gasteiger partial charge on any atom is -0.444 e. The Labute approximate surface area is 220 Å². The van der Waals surface area contributed by atoms with Crippen LogP contribution < -0.4 is 15.1 Å². The first-order valence-electron chi connectivity index (χ1n) is 12.1. The second-order valence-corrected chi connectivity index (χ2v) is 11.7. The average Bonchev–Trinajstić information content (AvgIpc) is 3.34. The van der Waals surface area contributed by atoms with Crippen LogP contribution in [0.25, 0.3) is 21.9 Å². The lowest BCUT2D eigenvalue weighted by Crippen LogP contribution is -2.40. The van der Waals surface area contributed by atoms with Crippen molar-refractivity contribution in [3.8, 4) is 0 Å². The number of halogens is 2. The number of aromatic amines is 1. The van der Waals surface area contributed by atoms with Crippen LogP contribution in [0, 0.1) is 5.82 Å². The highest BCUT2D eigenvalue weighted by Gasteiger charge is 2.30. The van der Waals surface area contributed by atoms with E-state index in [0.717, 1.165) is 0 Å². The summed E-state index contributed by atoms with van der Waals surface area (Å²) in [5, 5.41) is 4.48. The molecule has 1 fully saturated rings. The van der Waals surface area contributed by atoms with Crippen molar-refractivity contribution in [1.82, 2.24) is 15.3 Å². The number of pyridine rings is 1. The normalized spacial score (nSPS) is 16.4. The maximum atomic E-state index is 14.9. The molecule has 1 aliphatic rings. The Bertz CT molecular complexity index is 1360. The number of carbonyl (C=O) groups is 2. The summed E-state index contributed by atoms with van der Waals surface area (Å²) in [6.45, 7) is 11.8. The molecule has 3 aromatic rings. The van der Waals surface area contributed by atoms with E-state index in [1.807, 2.05) is 25.7 Å². The Morgan fingerprint density at radius 1 is 1.19 bits per heavy atom. The minimum atomic E-state index is -0.708. The van der Waals surface area contributed by atoms with Gasteiger partial charge in [0, 0.05) is 25.5 Å². The maximum Gasteiger partial charge on any atom is 0.414 e. The van der Waals surface area contributed by atoms with E-state index < -0.39 is 29.2 Å². The fourth-order valence-corrected chi connectivity index (χ4v) is 4.69. The van der Waals surface area contributed by atoms with Crippen LogP contribution in [0.15, 0.2) is 18.3 Å². The number of ether oxygens (including phenoxy) is 2. The van der Waals surface area contributed by atoms with E-state index in [9.17, 15) is 14.0 Å². The third-order valence-corrected chi connectivity index (χ3v) is 6.13. The van der Waals surface area contributed by atoms with Crippen molar-refractivity contribution >= 4 is 57.1 Å². The quantitative estimate of drug-likeness (QED) is 0.429. The maximum absolute atomic E-state index is 14.9. The second kappa shape index (κ2) is 9.55. The van der Waals surface area contributed by atoms with Gasteiger partial charge in [0.05, 0.1) is 39.5 Å². The van der Waals surface area contributed by atoms with E-state index in [-0.39, 0.29) is 6.04 Å². The van der Waals surface area contributed by atoms with Gasteiger partial charge in [-0.15, -0.1) is 0 Å². The molecule has 0 radical (unpaired) electrons. The first-order valence-corrected chi connectivity index (χ1v) is 12.5. The van der Waals surface area contributed by atoms with Gasteiger partial charge in [-0.25, -0.2) is 19.0 Å². The molecular weight excluding hydrogens is 501 g/mol. The number of fused-ring (bicyclic) bond motifs is 3. The predicted molar refractivity (Wildman–Crippen MR) is 143 cm³/mol. The molecule has 2 amide bonds. The zero-order chi connectivity index (χ0) is 27.3. The lowest BCUT2D eigenvalue weighted by molar-refractivity contribution is 0.0507. The number of benzene rings is 1. The van der Waals surface area contributed by atoms with Gasteiger partial charge >= 0.3 is 12.2 Å². The fraction of sp³-hybridized carbons (Fsp3) is 0.500. The van der Waals surface area contributed by atoms with Gasteiger partial charge in [-0.1, -0.05) is 11.6 Å². The SMILES string of the molecule is CN(C(=O)OC(C)(C)C)c1cc(F)cc2c1[nH]c1ncc(Cl)c(N3CCC(NC(=O)OC(C)(C)C)C3)c12. The Balaban J connectivity index is 1.72. The Kier molecular flexibility index (Phi) is 6.92. The number of alkyl carbamates (subject to hydrolysis) is 1. The molecule has 1 aromatic carbocycles. The molecule has 2 N–H and O–H groups in total. The highest BCUT2D eigenvalue weighted by atomic mass is 35.5. The van der Waals surface area contributed by atoms with Gasteiger partial charge in [-0.3, -0.25) is 4.90 Å². The second-order valence-electron chi connectivity index (χ2n) is 11.3. The summed E-state index contributed by atoms with van der Waals surface area (Å²) in [5.74, 6) is -0.518. The summed E-state index contributed by atoms with van der Waals surface area (Å²) >= 11 is 6.64. The van der Waals surface area contributed by atoms with Crippen molar-refractivity contribution in [2.75, 3.05) is 29.9 Å². The molecule has 2 aromatic heterocycles. The number of hydrogen-bond donors (Lipinski definition) is 2. The summed E-state index contributed by atoms with van der Waals surface area (Å²) < 4.78 is 25.8. The van der Waals surface area contributed by atoms with Crippen LogP contribution in [0.1, 0.15) is 48.0 Å². The van der Waals surface area contributed by atoms with E-state index in [4.69, 9.17) is 21.1 Å². The molecular formula is C26H33ClFN5O4. The predicted octanol–water partition coefficient (Wildman–Crippen LogP) is 5.98. The van der Waals surface area contributed by atoms with Crippen LogP contribution in [0.3, 0.4) is 0 Å². The van der Waals surface area contributed by atoms with Crippen LogP contribution in [0.5, 0.6) is 0 Å². The van der Waals surface area contributed by atoms with Crippen LogP contribution >= 0.6 is 11.6 Å². The monoisotopic (exact) mass is 533 g/mol. The molecule has 37 heavy (non-hydrogen) atoms. The Hall–Kier alpha value is -3.27. The molecule has 0 bridgehead atoms. The molecule has 11 heteroatoms. The summed E-state index contributed by atoms with van der Waals surface area (Å²) in [5.41, 5.74) is 0.727. The van der Waals surface area contributed by atoms with Crippen LogP contribution in [0.2, 0.25) is 5.02 Å². The first-order chi connectivity index (χ1) is 17.1. The Morgan fingerprint density at radius 2 is 1.86 bits per heavy atom. The van der Waals surface area contributed by atoms with Gasteiger partial charge in [0.25, 0.3) is 0 Å². The number of hydrogen-bond acceptors (Lipinski definition) is 6. The molecule has 4 rings (SSSR count). The van der Waals surface area contributed by atoms with Crippen molar-refractivity contribution in [1.29, 1.82) is 0 Å². The van der Waals surface area contributed by atoms with E-state index in [1.165, 1.54) is 30.3 Å².